The summed E-state index contributed by atoms with van der Waals surface area (Å²) < 4.78 is 1.04. The van der Waals surface area contributed by atoms with Gasteiger partial charge in [-0.05, 0) is 59.1 Å². The summed E-state index contributed by atoms with van der Waals surface area (Å²) in [6.45, 7) is 3.99. The van der Waals surface area contributed by atoms with Crippen molar-refractivity contribution < 1.29 is 5.11 Å². The molecule has 0 amide bonds. The second-order valence-electron chi connectivity index (χ2n) is 4.02. The molecular weight excluding hydrogens is 320 g/mol. The predicted octanol–water partition coefficient (Wildman–Crippen LogP) is 4.86. The molecule has 17 heavy (non-hydrogen) atoms. The fourth-order valence-corrected chi connectivity index (χ4v) is 3.58. The van der Waals surface area contributed by atoms with Gasteiger partial charge >= 0.3 is 0 Å². The van der Waals surface area contributed by atoms with E-state index in [1.54, 1.807) is 11.3 Å². The Balaban J connectivity index is 2.39. The molecule has 0 aliphatic heterocycles. The Morgan fingerprint density at radius 2 is 1.94 bits per heavy atom. The van der Waals surface area contributed by atoms with Gasteiger partial charge in [-0.1, -0.05) is 17.7 Å². The number of rotatable bonds is 2. The van der Waals surface area contributed by atoms with Gasteiger partial charge in [0.25, 0.3) is 0 Å². The molecule has 1 nitrogen and oxygen atoms in total. The molecular formula is C13H12BrClOS. The lowest BCUT2D eigenvalue weighted by atomic mass is 10.1. The third-order valence-electron chi connectivity index (χ3n) is 2.53. The maximum atomic E-state index is 10.3. The van der Waals surface area contributed by atoms with Crippen molar-refractivity contribution in [1.82, 2.24) is 0 Å². The summed E-state index contributed by atoms with van der Waals surface area (Å²) in [6.07, 6.45) is -0.609. The van der Waals surface area contributed by atoms with Gasteiger partial charge < -0.3 is 5.11 Å². The Bertz CT molecular complexity index is 511. The van der Waals surface area contributed by atoms with E-state index < -0.39 is 6.10 Å². The van der Waals surface area contributed by atoms with E-state index in [-0.39, 0.29) is 0 Å². The first kappa shape index (κ1) is 13.1. The summed E-state index contributed by atoms with van der Waals surface area (Å²) in [5, 5.41) is 11.0. The largest absolute Gasteiger partial charge is 0.383 e. The number of benzene rings is 1. The highest BCUT2D eigenvalue weighted by Gasteiger charge is 2.15. The standard InChI is InChI=1S/C13H12BrClOS/c1-7-3-9(5-10(15)4-7)13(16)12-6-11(14)8(2)17-12/h3-6,13,16H,1-2H3. The van der Waals surface area contributed by atoms with Crippen molar-refractivity contribution in [1.29, 1.82) is 0 Å². The average molecular weight is 332 g/mol. The van der Waals surface area contributed by atoms with Gasteiger partial charge in [0.15, 0.2) is 0 Å². The van der Waals surface area contributed by atoms with Crippen molar-refractivity contribution in [3.8, 4) is 0 Å². The van der Waals surface area contributed by atoms with Crippen molar-refractivity contribution in [2.24, 2.45) is 0 Å². The lowest BCUT2D eigenvalue weighted by Gasteiger charge is -2.10. The number of thiophene rings is 1. The summed E-state index contributed by atoms with van der Waals surface area (Å²) in [6, 6.07) is 7.61. The monoisotopic (exact) mass is 330 g/mol. The first-order chi connectivity index (χ1) is 7.97. The molecule has 1 N–H and O–H groups in total. The molecule has 0 aliphatic rings. The second kappa shape index (κ2) is 5.11. The molecule has 1 heterocycles. The van der Waals surface area contributed by atoms with Gasteiger partial charge in [0, 0.05) is 19.2 Å². The van der Waals surface area contributed by atoms with Crippen molar-refractivity contribution in [3.05, 3.63) is 54.6 Å². The van der Waals surface area contributed by atoms with Crippen LogP contribution in [-0.4, -0.2) is 5.11 Å². The highest BCUT2D eigenvalue weighted by atomic mass is 79.9. The molecule has 4 heteroatoms. The normalized spacial score (nSPS) is 12.8. The van der Waals surface area contributed by atoms with Crippen LogP contribution in [0.5, 0.6) is 0 Å². The van der Waals surface area contributed by atoms with Crippen LogP contribution in [0.4, 0.5) is 0 Å². The van der Waals surface area contributed by atoms with E-state index in [4.69, 9.17) is 11.6 Å². The van der Waals surface area contributed by atoms with Crippen LogP contribution in [0.2, 0.25) is 5.02 Å². The number of aliphatic hydroxyl groups is 1. The Morgan fingerprint density at radius 3 is 2.47 bits per heavy atom. The third kappa shape index (κ3) is 2.91. The molecule has 2 aromatic rings. The van der Waals surface area contributed by atoms with Gasteiger partial charge in [-0.2, -0.15) is 0 Å². The molecule has 0 fully saturated rings. The van der Waals surface area contributed by atoms with Crippen molar-refractivity contribution in [2.45, 2.75) is 20.0 Å². The van der Waals surface area contributed by atoms with Crippen molar-refractivity contribution in [2.75, 3.05) is 0 Å². The molecule has 1 aromatic carbocycles. The lowest BCUT2D eigenvalue weighted by molar-refractivity contribution is 0.224. The van der Waals surface area contributed by atoms with Gasteiger partial charge in [-0.25, -0.2) is 0 Å². The van der Waals surface area contributed by atoms with Crippen LogP contribution in [0.25, 0.3) is 0 Å². The van der Waals surface area contributed by atoms with Crippen LogP contribution in [0.1, 0.15) is 27.0 Å². The minimum absolute atomic E-state index is 0.609. The molecule has 1 unspecified atom stereocenters. The van der Waals surface area contributed by atoms with Crippen molar-refractivity contribution in [3.63, 3.8) is 0 Å². The van der Waals surface area contributed by atoms with Crippen LogP contribution in [-0.2, 0) is 0 Å². The zero-order chi connectivity index (χ0) is 12.6. The minimum atomic E-state index is -0.609. The first-order valence-corrected chi connectivity index (χ1v) is 7.17. The summed E-state index contributed by atoms with van der Waals surface area (Å²) in [4.78, 5) is 2.09. The molecule has 90 valence electrons. The quantitative estimate of drug-likeness (QED) is 0.833. The lowest BCUT2D eigenvalue weighted by Crippen LogP contribution is -1.97. The van der Waals surface area contributed by atoms with Gasteiger partial charge in [-0.3, -0.25) is 0 Å². The SMILES string of the molecule is Cc1cc(Cl)cc(C(O)c2cc(Br)c(C)s2)c1. The molecule has 0 saturated heterocycles. The zero-order valence-corrected chi connectivity index (χ0v) is 12.7. The Morgan fingerprint density at radius 1 is 1.24 bits per heavy atom. The highest BCUT2D eigenvalue weighted by Crippen LogP contribution is 2.34. The van der Waals surface area contributed by atoms with Gasteiger partial charge in [0.2, 0.25) is 0 Å². The number of halogens is 2. The van der Waals surface area contributed by atoms with Crippen LogP contribution in [0.3, 0.4) is 0 Å². The highest BCUT2D eigenvalue weighted by molar-refractivity contribution is 9.10. The van der Waals surface area contributed by atoms with E-state index in [1.165, 1.54) is 0 Å². The summed E-state index contributed by atoms with van der Waals surface area (Å²) in [5.41, 5.74) is 1.89. The summed E-state index contributed by atoms with van der Waals surface area (Å²) >= 11 is 11.0. The van der Waals surface area contributed by atoms with E-state index in [2.05, 4.69) is 15.9 Å². The number of aryl methyl sites for hydroxylation is 2. The molecule has 0 bridgehead atoms. The van der Waals surface area contributed by atoms with Gasteiger partial charge in [0.05, 0.1) is 0 Å². The Labute approximate surface area is 118 Å². The predicted molar refractivity (Wildman–Crippen MR) is 77.0 cm³/mol. The van der Waals surface area contributed by atoms with Crippen LogP contribution < -0.4 is 0 Å². The molecule has 0 aliphatic carbocycles. The Hall–Kier alpha value is -0.350. The van der Waals surface area contributed by atoms with E-state index in [0.717, 1.165) is 25.4 Å². The van der Waals surface area contributed by atoms with Gasteiger partial charge in [0.1, 0.15) is 6.10 Å². The first-order valence-electron chi connectivity index (χ1n) is 5.18. The number of hydrogen-bond donors (Lipinski definition) is 1. The van der Waals surface area contributed by atoms with E-state index in [9.17, 15) is 5.11 Å². The summed E-state index contributed by atoms with van der Waals surface area (Å²) in [7, 11) is 0. The van der Waals surface area contributed by atoms with E-state index >= 15 is 0 Å². The fraction of sp³-hybridized carbons (Fsp3) is 0.231. The molecule has 0 saturated carbocycles. The van der Waals surface area contributed by atoms with Crippen LogP contribution >= 0.6 is 38.9 Å². The number of aliphatic hydroxyl groups excluding tert-OH is 1. The third-order valence-corrected chi connectivity index (χ3v) is 4.93. The van der Waals surface area contributed by atoms with E-state index in [0.29, 0.717) is 5.02 Å². The van der Waals surface area contributed by atoms with Gasteiger partial charge in [-0.15, -0.1) is 11.3 Å². The smallest absolute Gasteiger partial charge is 0.113 e. The molecule has 0 spiro atoms. The molecule has 2 rings (SSSR count). The zero-order valence-electron chi connectivity index (χ0n) is 9.50. The average Bonchev–Trinajstić information content (AvgIpc) is 2.57. The fourth-order valence-electron chi connectivity index (χ4n) is 1.70. The van der Waals surface area contributed by atoms with Crippen molar-refractivity contribution >= 4 is 38.9 Å². The van der Waals surface area contributed by atoms with Crippen LogP contribution in [0.15, 0.2) is 28.7 Å². The maximum absolute atomic E-state index is 10.3. The number of hydrogen-bond acceptors (Lipinski definition) is 2. The maximum Gasteiger partial charge on any atom is 0.113 e. The Kier molecular flexibility index (Phi) is 3.93. The second-order valence-corrected chi connectivity index (χ2v) is 6.60. The molecule has 0 radical (unpaired) electrons. The molecule has 1 atom stereocenters. The van der Waals surface area contributed by atoms with E-state index in [1.807, 2.05) is 38.1 Å². The molecule has 1 aromatic heterocycles. The summed E-state index contributed by atoms with van der Waals surface area (Å²) in [5.74, 6) is 0. The van der Waals surface area contributed by atoms with Crippen LogP contribution in [0, 0.1) is 13.8 Å². The minimum Gasteiger partial charge on any atom is -0.383 e. The topological polar surface area (TPSA) is 20.2 Å².